The topological polar surface area (TPSA) is 394 Å². The number of hydrogen-bond acceptors (Lipinski definition) is 14. The number of aliphatic hydroxyl groups is 1. The van der Waals surface area contributed by atoms with Crippen molar-refractivity contribution in [3.8, 4) is 5.75 Å². The van der Waals surface area contributed by atoms with Gasteiger partial charge in [0.2, 0.25) is 47.3 Å². The molecule has 0 aliphatic rings. The molecule has 0 spiro atoms. The van der Waals surface area contributed by atoms with Gasteiger partial charge in [-0.05, 0) is 104 Å². The summed E-state index contributed by atoms with van der Waals surface area (Å²) in [7, 11) is 0. The van der Waals surface area contributed by atoms with Crippen LogP contribution in [0.4, 0.5) is 0 Å². The van der Waals surface area contributed by atoms with Gasteiger partial charge in [0.25, 0.3) is 0 Å². The molecule has 16 N–H and O–H groups in total. The van der Waals surface area contributed by atoms with E-state index in [4.69, 9.17) is 17.2 Å². The van der Waals surface area contributed by atoms with Gasteiger partial charge in [0.1, 0.15) is 54.3 Å². The number of carboxylic acids is 1. The molecule has 9 atom stereocenters. The standard InChI is InChI=1S/C45H73IN10O13/c1-22(2)16-30(51-40(64)29(12-14-37(61)62)50-39(63)28(48)10-8-9-15-47)41(65)53-33(20-36(49)60)44(68)56-38(24(5)6)45(69)54-31(17-23(3)4)42(66)52-32(43(67)55-34(21-57)25(7)58)19-26-11-13-35(59)27(46)18-26/h11,13,18,21-25,28-34,38,58-59H,8-10,12,14-17,19-20,47-48H2,1-7H3,(H2,49,60)(H,50,63)(H,51,64)(H,52,66)(H,53,65)(H,54,69)(H,55,67)(H,56,68)(H,61,62)/t25-,28+,29+,30+,31+,32+,33+,34-,38+/m1/s1. The number of aldehydes is 1. The predicted octanol–water partition coefficient (Wildman–Crippen LogP) is -1.54. The third-order valence-corrected chi connectivity index (χ3v) is 11.5. The molecule has 1 aromatic carbocycles. The Morgan fingerprint density at radius 1 is 0.667 bits per heavy atom. The van der Waals surface area contributed by atoms with Crippen molar-refractivity contribution in [3.05, 3.63) is 27.3 Å². The molecule has 0 aliphatic heterocycles. The molecule has 0 bridgehead atoms. The molecule has 24 heteroatoms. The summed E-state index contributed by atoms with van der Waals surface area (Å²) >= 11 is 1.88. The Labute approximate surface area is 416 Å². The molecule has 8 amide bonds. The highest BCUT2D eigenvalue weighted by Crippen LogP contribution is 2.21. The molecule has 0 fully saturated rings. The highest BCUT2D eigenvalue weighted by atomic mass is 127. The summed E-state index contributed by atoms with van der Waals surface area (Å²) in [6, 6.07) is -6.39. The van der Waals surface area contributed by atoms with Crippen LogP contribution in [0.2, 0.25) is 0 Å². The average molecular weight is 1090 g/mol. The van der Waals surface area contributed by atoms with Crippen molar-refractivity contribution in [2.75, 3.05) is 6.54 Å². The number of unbranched alkanes of at least 4 members (excludes halogenated alkanes) is 1. The van der Waals surface area contributed by atoms with Crippen molar-refractivity contribution in [2.24, 2.45) is 35.0 Å². The molecule has 0 unspecified atom stereocenters. The van der Waals surface area contributed by atoms with E-state index >= 15 is 0 Å². The van der Waals surface area contributed by atoms with Gasteiger partial charge in [0.15, 0.2) is 0 Å². The van der Waals surface area contributed by atoms with Crippen LogP contribution in [0.25, 0.3) is 0 Å². The van der Waals surface area contributed by atoms with Crippen LogP contribution in [0.5, 0.6) is 5.75 Å². The second-order valence-electron chi connectivity index (χ2n) is 18.2. The van der Waals surface area contributed by atoms with E-state index in [0.717, 1.165) is 0 Å². The number of amides is 8. The van der Waals surface area contributed by atoms with Crippen LogP contribution in [0.3, 0.4) is 0 Å². The van der Waals surface area contributed by atoms with Gasteiger partial charge in [-0.1, -0.05) is 54.0 Å². The summed E-state index contributed by atoms with van der Waals surface area (Å²) in [6.45, 7) is 11.8. The maximum Gasteiger partial charge on any atom is 0.303 e. The lowest BCUT2D eigenvalue weighted by atomic mass is 9.98. The Balaban J connectivity index is 3.43. The van der Waals surface area contributed by atoms with Crippen molar-refractivity contribution in [1.82, 2.24) is 37.2 Å². The summed E-state index contributed by atoms with van der Waals surface area (Å²) in [5.41, 5.74) is 17.5. The Kier molecular flexibility index (Phi) is 27.6. The second kappa shape index (κ2) is 30.9. The van der Waals surface area contributed by atoms with E-state index in [1.165, 1.54) is 19.1 Å². The summed E-state index contributed by atoms with van der Waals surface area (Å²) in [5.74, 6) is -9.56. The van der Waals surface area contributed by atoms with E-state index < -0.39 is 126 Å². The van der Waals surface area contributed by atoms with E-state index in [1.807, 2.05) is 22.6 Å². The SMILES string of the molecule is CC(C)C[C@H](NC(=O)[C@H](CCC(=O)O)NC(=O)[C@@H](N)CCCCN)C(=O)N[C@@H](CC(N)=O)C(=O)N[C@H](C(=O)N[C@@H](CC(C)C)C(=O)N[C@@H](Cc1ccc(O)c(I)c1)C(=O)N[C@H](C=O)[C@@H](C)O)C(C)C. The minimum atomic E-state index is -1.70. The molecule has 0 heterocycles. The first-order valence-electron chi connectivity index (χ1n) is 22.9. The maximum atomic E-state index is 14.0. The van der Waals surface area contributed by atoms with E-state index in [1.54, 1.807) is 47.6 Å². The fourth-order valence-corrected chi connectivity index (χ4v) is 7.37. The van der Waals surface area contributed by atoms with Crippen LogP contribution in [0.1, 0.15) is 105 Å². The lowest BCUT2D eigenvalue weighted by molar-refractivity contribution is -0.139. The van der Waals surface area contributed by atoms with Crippen molar-refractivity contribution in [1.29, 1.82) is 0 Å². The fourth-order valence-electron chi connectivity index (χ4n) is 6.79. The fraction of sp³-hybridized carbons (Fsp3) is 0.644. The third kappa shape index (κ3) is 23.1. The predicted molar refractivity (Wildman–Crippen MR) is 261 cm³/mol. The number of phenols is 1. The molecule has 69 heavy (non-hydrogen) atoms. The molecular weight excluding hydrogens is 1020 g/mol. The molecule has 388 valence electrons. The van der Waals surface area contributed by atoms with Crippen molar-refractivity contribution in [2.45, 2.75) is 161 Å². The lowest BCUT2D eigenvalue weighted by Gasteiger charge is -2.29. The van der Waals surface area contributed by atoms with Gasteiger partial charge in [0, 0.05) is 12.8 Å². The Hall–Kier alpha value is -5.47. The molecule has 23 nitrogen and oxygen atoms in total. The van der Waals surface area contributed by atoms with Crippen LogP contribution in [-0.2, 0) is 54.4 Å². The first kappa shape index (κ1) is 61.5. The minimum Gasteiger partial charge on any atom is -0.507 e. The number of aliphatic carboxylic acids is 1. The monoisotopic (exact) mass is 1090 g/mol. The number of hydrogen-bond donors (Lipinski definition) is 13. The number of rotatable bonds is 32. The zero-order chi connectivity index (χ0) is 52.7. The number of carboxylic acid groups (broad SMARTS) is 1. The van der Waals surface area contributed by atoms with Crippen molar-refractivity contribution >= 4 is 82.1 Å². The van der Waals surface area contributed by atoms with Gasteiger partial charge >= 0.3 is 5.97 Å². The molecule has 0 aliphatic carbocycles. The molecule has 0 aromatic heterocycles. The van der Waals surface area contributed by atoms with Gasteiger partial charge in [-0.2, -0.15) is 0 Å². The highest BCUT2D eigenvalue weighted by Gasteiger charge is 2.36. The third-order valence-electron chi connectivity index (χ3n) is 10.6. The highest BCUT2D eigenvalue weighted by molar-refractivity contribution is 14.1. The van der Waals surface area contributed by atoms with E-state index in [2.05, 4.69) is 37.2 Å². The molecule has 0 saturated carbocycles. The Morgan fingerprint density at radius 2 is 1.16 bits per heavy atom. The van der Waals surface area contributed by atoms with E-state index in [-0.39, 0.29) is 49.7 Å². The number of nitrogens with one attached hydrogen (secondary N) is 7. The first-order chi connectivity index (χ1) is 32.2. The number of aromatic hydroxyl groups is 1. The molecule has 1 aromatic rings. The van der Waals surface area contributed by atoms with Crippen LogP contribution in [0.15, 0.2) is 18.2 Å². The number of benzene rings is 1. The van der Waals surface area contributed by atoms with Gasteiger partial charge < -0.3 is 74.5 Å². The van der Waals surface area contributed by atoms with Crippen LogP contribution < -0.4 is 54.4 Å². The Morgan fingerprint density at radius 3 is 1.64 bits per heavy atom. The summed E-state index contributed by atoms with van der Waals surface area (Å²) in [4.78, 5) is 131. The quantitative estimate of drug-likeness (QED) is 0.0221. The smallest absolute Gasteiger partial charge is 0.303 e. The average Bonchev–Trinajstić information content (AvgIpc) is 3.25. The maximum absolute atomic E-state index is 14.0. The van der Waals surface area contributed by atoms with Gasteiger partial charge in [0.05, 0.1) is 22.1 Å². The Bertz CT molecular complexity index is 1940. The largest absolute Gasteiger partial charge is 0.507 e. The van der Waals surface area contributed by atoms with Gasteiger partial charge in [-0.15, -0.1) is 0 Å². The number of halogens is 1. The van der Waals surface area contributed by atoms with Gasteiger partial charge in [-0.3, -0.25) is 43.2 Å². The normalized spacial score (nSPS) is 15.2. The van der Waals surface area contributed by atoms with Crippen molar-refractivity contribution < 1.29 is 63.3 Å². The first-order valence-corrected chi connectivity index (χ1v) is 24.0. The number of phenolic OH excluding ortho intramolecular Hbond substituents is 1. The molecular formula is C45H73IN10O13. The number of carbonyl (C=O) groups excluding carboxylic acids is 9. The number of primary amides is 1. The van der Waals surface area contributed by atoms with Gasteiger partial charge in [-0.25, -0.2) is 0 Å². The van der Waals surface area contributed by atoms with Crippen LogP contribution >= 0.6 is 22.6 Å². The lowest BCUT2D eigenvalue weighted by Crippen LogP contribution is -2.61. The summed E-state index contributed by atoms with van der Waals surface area (Å²) < 4.78 is 0.452. The minimum absolute atomic E-state index is 0.0203. The number of carbonyl (C=O) groups is 10. The second-order valence-corrected chi connectivity index (χ2v) is 19.4. The van der Waals surface area contributed by atoms with Crippen molar-refractivity contribution in [3.63, 3.8) is 0 Å². The molecule has 0 radical (unpaired) electrons. The summed E-state index contributed by atoms with van der Waals surface area (Å²) in [6.07, 6.45) is -1.33. The zero-order valence-electron chi connectivity index (χ0n) is 40.3. The van der Waals surface area contributed by atoms with Crippen LogP contribution in [0, 0.1) is 21.3 Å². The zero-order valence-corrected chi connectivity index (χ0v) is 42.5. The molecule has 1 rings (SSSR count). The molecule has 0 saturated heterocycles. The number of nitrogens with two attached hydrogens (primary N) is 3. The number of aliphatic hydroxyl groups excluding tert-OH is 1. The van der Waals surface area contributed by atoms with Crippen LogP contribution in [-0.4, -0.2) is 136 Å². The summed E-state index contributed by atoms with van der Waals surface area (Å²) in [5, 5.41) is 47.0. The van der Waals surface area contributed by atoms with E-state index in [0.29, 0.717) is 34.8 Å². The van der Waals surface area contributed by atoms with E-state index in [9.17, 15) is 63.3 Å².